The lowest BCUT2D eigenvalue weighted by atomic mass is 10.1. The summed E-state index contributed by atoms with van der Waals surface area (Å²) in [5.74, 6) is 0.160. The summed E-state index contributed by atoms with van der Waals surface area (Å²) in [6.45, 7) is 3.23. The molecule has 0 aromatic heterocycles. The molecule has 6 nitrogen and oxygen atoms in total. The van der Waals surface area contributed by atoms with E-state index in [4.69, 9.17) is 4.74 Å². The molecule has 7 heteroatoms. The van der Waals surface area contributed by atoms with Gasteiger partial charge in [-0.15, -0.1) is 0 Å². The number of ether oxygens (including phenoxy) is 1. The summed E-state index contributed by atoms with van der Waals surface area (Å²) in [6.07, 6.45) is 5.20. The average molecular weight is 381 g/mol. The minimum atomic E-state index is -3.61. The number of amides is 1. The summed E-state index contributed by atoms with van der Waals surface area (Å²) in [4.78, 5) is 14.8. The lowest BCUT2D eigenvalue weighted by molar-refractivity contribution is 0.0761. The molecule has 0 aliphatic carbocycles. The van der Waals surface area contributed by atoms with Crippen LogP contribution >= 0.6 is 0 Å². The third-order valence-electron chi connectivity index (χ3n) is 5.22. The highest BCUT2D eigenvalue weighted by Crippen LogP contribution is 2.21. The van der Waals surface area contributed by atoms with E-state index in [1.807, 2.05) is 4.90 Å². The van der Waals surface area contributed by atoms with Crippen LogP contribution in [0.4, 0.5) is 0 Å². The zero-order valence-electron chi connectivity index (χ0n) is 15.4. The van der Waals surface area contributed by atoms with Gasteiger partial charge in [0.1, 0.15) is 0 Å². The SMILES string of the molecule is CN(C[C@H]1CCOC1)S(=O)(=O)c1cccc(C(=O)N2CCCCCC2)c1. The van der Waals surface area contributed by atoms with Crippen molar-refractivity contribution in [2.45, 2.75) is 37.0 Å². The van der Waals surface area contributed by atoms with E-state index in [0.29, 0.717) is 25.3 Å². The van der Waals surface area contributed by atoms with Gasteiger partial charge in [0.15, 0.2) is 0 Å². The summed E-state index contributed by atoms with van der Waals surface area (Å²) in [7, 11) is -2.02. The normalized spacial score (nSPS) is 21.8. The molecule has 0 radical (unpaired) electrons. The van der Waals surface area contributed by atoms with Gasteiger partial charge in [-0.3, -0.25) is 4.79 Å². The molecule has 144 valence electrons. The Kier molecular flexibility index (Phi) is 6.32. The van der Waals surface area contributed by atoms with E-state index in [1.54, 1.807) is 25.2 Å². The Morgan fingerprint density at radius 2 is 1.96 bits per heavy atom. The summed E-state index contributed by atoms with van der Waals surface area (Å²) < 4.78 is 32.5. The van der Waals surface area contributed by atoms with Crippen LogP contribution in [0.3, 0.4) is 0 Å². The molecule has 2 aliphatic rings. The van der Waals surface area contributed by atoms with Crippen LogP contribution in [0.2, 0.25) is 0 Å². The molecule has 0 saturated carbocycles. The van der Waals surface area contributed by atoms with Crippen LogP contribution in [0, 0.1) is 5.92 Å². The summed E-state index contributed by atoms with van der Waals surface area (Å²) in [5, 5.41) is 0. The van der Waals surface area contributed by atoms with Gasteiger partial charge >= 0.3 is 0 Å². The third kappa shape index (κ3) is 4.45. The van der Waals surface area contributed by atoms with Crippen molar-refractivity contribution in [2.24, 2.45) is 5.92 Å². The Bertz CT molecular complexity index is 721. The second-order valence-corrected chi connectivity index (χ2v) is 9.29. The maximum absolute atomic E-state index is 12.9. The van der Waals surface area contributed by atoms with Crippen LogP contribution in [-0.2, 0) is 14.8 Å². The van der Waals surface area contributed by atoms with Crippen LogP contribution in [0.5, 0.6) is 0 Å². The number of nitrogens with zero attached hydrogens (tertiary/aromatic N) is 2. The number of hydrogen-bond acceptors (Lipinski definition) is 4. The molecule has 1 amide bonds. The summed E-state index contributed by atoms with van der Waals surface area (Å²) in [5.41, 5.74) is 0.450. The van der Waals surface area contributed by atoms with Gasteiger partial charge in [0, 0.05) is 38.9 Å². The highest BCUT2D eigenvalue weighted by Gasteiger charge is 2.27. The first kappa shape index (κ1) is 19.3. The predicted octanol–water partition coefficient (Wildman–Crippen LogP) is 2.36. The molecular formula is C19H28N2O4S. The summed E-state index contributed by atoms with van der Waals surface area (Å²) >= 11 is 0. The molecule has 2 fully saturated rings. The van der Waals surface area contributed by atoms with Gasteiger partial charge in [-0.1, -0.05) is 18.9 Å². The van der Waals surface area contributed by atoms with Crippen molar-refractivity contribution < 1.29 is 17.9 Å². The van der Waals surface area contributed by atoms with E-state index in [2.05, 4.69) is 0 Å². The van der Waals surface area contributed by atoms with Crippen molar-refractivity contribution >= 4 is 15.9 Å². The number of benzene rings is 1. The van der Waals surface area contributed by atoms with Crippen LogP contribution < -0.4 is 0 Å². The van der Waals surface area contributed by atoms with Crippen LogP contribution in [0.15, 0.2) is 29.2 Å². The predicted molar refractivity (Wildman–Crippen MR) is 99.6 cm³/mol. The first-order chi connectivity index (χ1) is 12.5. The molecule has 1 atom stereocenters. The van der Waals surface area contributed by atoms with Crippen molar-refractivity contribution in [3.8, 4) is 0 Å². The van der Waals surface area contributed by atoms with Gasteiger partial charge in [-0.05, 0) is 43.4 Å². The van der Waals surface area contributed by atoms with Gasteiger partial charge in [-0.2, -0.15) is 0 Å². The highest BCUT2D eigenvalue weighted by atomic mass is 32.2. The Hall–Kier alpha value is -1.44. The lowest BCUT2D eigenvalue weighted by Crippen LogP contribution is -2.33. The number of rotatable bonds is 5. The summed E-state index contributed by atoms with van der Waals surface area (Å²) in [6, 6.07) is 6.45. The van der Waals surface area contributed by atoms with Crippen molar-refractivity contribution in [3.05, 3.63) is 29.8 Å². The maximum atomic E-state index is 12.9. The smallest absolute Gasteiger partial charge is 0.253 e. The first-order valence-corrected chi connectivity index (χ1v) is 10.9. The molecule has 0 bridgehead atoms. The van der Waals surface area contributed by atoms with E-state index in [1.165, 1.54) is 10.4 Å². The molecule has 26 heavy (non-hydrogen) atoms. The molecule has 0 N–H and O–H groups in total. The largest absolute Gasteiger partial charge is 0.381 e. The van der Waals surface area contributed by atoms with Crippen LogP contribution in [0.1, 0.15) is 42.5 Å². The topological polar surface area (TPSA) is 66.9 Å². The van der Waals surface area contributed by atoms with Crippen molar-refractivity contribution in [3.63, 3.8) is 0 Å². The second-order valence-electron chi connectivity index (χ2n) is 7.25. The Labute approximate surface area is 156 Å². The maximum Gasteiger partial charge on any atom is 0.253 e. The number of carbonyl (C=O) groups excluding carboxylic acids is 1. The lowest BCUT2D eigenvalue weighted by Gasteiger charge is -2.22. The Morgan fingerprint density at radius 3 is 2.62 bits per heavy atom. The molecule has 1 aromatic carbocycles. The minimum absolute atomic E-state index is 0.0733. The van der Waals surface area contributed by atoms with E-state index in [0.717, 1.165) is 45.2 Å². The molecule has 2 saturated heterocycles. The monoisotopic (exact) mass is 380 g/mol. The fourth-order valence-electron chi connectivity index (χ4n) is 3.61. The average Bonchev–Trinajstić information content (AvgIpc) is 3.00. The number of carbonyl (C=O) groups is 1. The first-order valence-electron chi connectivity index (χ1n) is 9.42. The molecule has 0 unspecified atom stereocenters. The molecule has 1 aromatic rings. The Balaban J connectivity index is 1.75. The highest BCUT2D eigenvalue weighted by molar-refractivity contribution is 7.89. The fourth-order valence-corrected chi connectivity index (χ4v) is 4.91. The molecule has 2 aliphatic heterocycles. The zero-order valence-corrected chi connectivity index (χ0v) is 16.2. The van der Waals surface area contributed by atoms with Gasteiger partial charge < -0.3 is 9.64 Å². The fraction of sp³-hybridized carbons (Fsp3) is 0.632. The van der Waals surface area contributed by atoms with Gasteiger partial charge in [0.05, 0.1) is 11.5 Å². The van der Waals surface area contributed by atoms with E-state index < -0.39 is 10.0 Å². The van der Waals surface area contributed by atoms with Crippen molar-refractivity contribution in [1.82, 2.24) is 9.21 Å². The van der Waals surface area contributed by atoms with Gasteiger partial charge in [-0.25, -0.2) is 12.7 Å². The minimum Gasteiger partial charge on any atom is -0.381 e. The Morgan fingerprint density at radius 1 is 1.23 bits per heavy atom. The van der Waals surface area contributed by atoms with Crippen LogP contribution in [0.25, 0.3) is 0 Å². The van der Waals surface area contributed by atoms with Crippen molar-refractivity contribution in [1.29, 1.82) is 0 Å². The van der Waals surface area contributed by atoms with E-state index in [-0.39, 0.29) is 16.7 Å². The molecule has 0 spiro atoms. The molecule has 2 heterocycles. The van der Waals surface area contributed by atoms with E-state index >= 15 is 0 Å². The van der Waals surface area contributed by atoms with Crippen molar-refractivity contribution in [2.75, 3.05) is 39.9 Å². The van der Waals surface area contributed by atoms with Gasteiger partial charge in [0.25, 0.3) is 5.91 Å². The number of sulfonamides is 1. The second kappa shape index (κ2) is 8.50. The number of likely N-dealkylation sites (tertiary alicyclic amines) is 1. The molecule has 3 rings (SSSR count). The molecular weight excluding hydrogens is 352 g/mol. The number of hydrogen-bond donors (Lipinski definition) is 0. The third-order valence-corrected chi connectivity index (χ3v) is 7.04. The zero-order chi connectivity index (χ0) is 18.6. The van der Waals surface area contributed by atoms with E-state index in [9.17, 15) is 13.2 Å². The standard InChI is InChI=1S/C19H28N2O4S/c1-20(14-16-9-12-25-15-16)26(23,24)18-8-6-7-17(13-18)19(22)21-10-4-2-3-5-11-21/h6-8,13,16H,2-5,9-12,14-15H2,1H3/t16-/m1/s1. The quantitative estimate of drug-likeness (QED) is 0.786. The van der Waals surface area contributed by atoms with Gasteiger partial charge in [0.2, 0.25) is 10.0 Å². The van der Waals surface area contributed by atoms with Crippen LogP contribution in [-0.4, -0.2) is 63.4 Å².